The third-order valence-electron chi connectivity index (χ3n) is 3.08. The zero-order valence-corrected chi connectivity index (χ0v) is 10.2. The lowest BCUT2D eigenvalue weighted by Crippen LogP contribution is -2.19. The third-order valence-corrected chi connectivity index (χ3v) is 3.08. The van der Waals surface area contributed by atoms with Crippen molar-refractivity contribution < 1.29 is 14.4 Å². The summed E-state index contributed by atoms with van der Waals surface area (Å²) in [5, 5.41) is 11.1. The summed E-state index contributed by atoms with van der Waals surface area (Å²) in [5.74, 6) is 0.457. The number of para-hydroxylation sites is 1. The number of nitrogens with two attached hydrogens (primary N) is 1. The number of methoxy groups -OCH3 is 1. The van der Waals surface area contributed by atoms with E-state index < -0.39 is 4.92 Å². The lowest BCUT2D eigenvalue weighted by Gasteiger charge is -2.14. The van der Waals surface area contributed by atoms with E-state index in [1.807, 2.05) is 0 Å². The minimum Gasteiger partial charge on any atom is -0.490 e. The van der Waals surface area contributed by atoms with E-state index in [2.05, 4.69) is 0 Å². The number of nitro groups is 1. The van der Waals surface area contributed by atoms with Crippen LogP contribution in [0.5, 0.6) is 11.5 Å². The van der Waals surface area contributed by atoms with Crippen LogP contribution in [0.4, 0.5) is 5.69 Å². The van der Waals surface area contributed by atoms with E-state index in [-0.39, 0.29) is 29.3 Å². The molecule has 0 aromatic heterocycles. The van der Waals surface area contributed by atoms with E-state index in [0.717, 1.165) is 19.3 Å². The Kier molecular flexibility index (Phi) is 3.66. The maximum Gasteiger partial charge on any atom is 0.352 e. The molecular weight excluding hydrogens is 236 g/mol. The molecule has 0 heterocycles. The van der Waals surface area contributed by atoms with Crippen LogP contribution >= 0.6 is 0 Å². The van der Waals surface area contributed by atoms with Gasteiger partial charge in [-0.2, -0.15) is 0 Å². The number of ether oxygens (including phenoxy) is 2. The Labute approximate surface area is 105 Å². The molecule has 0 aliphatic heterocycles. The van der Waals surface area contributed by atoms with Crippen LogP contribution in [0, 0.1) is 10.1 Å². The van der Waals surface area contributed by atoms with Crippen molar-refractivity contribution in [2.75, 3.05) is 7.11 Å². The number of nitrogens with zero attached hydrogens (tertiary/aromatic N) is 1. The van der Waals surface area contributed by atoms with Gasteiger partial charge in [0, 0.05) is 6.04 Å². The average molecular weight is 252 g/mol. The number of nitro benzene ring substituents is 1. The highest BCUT2D eigenvalue weighted by molar-refractivity contribution is 5.57. The second-order valence-corrected chi connectivity index (χ2v) is 4.38. The van der Waals surface area contributed by atoms with E-state index in [9.17, 15) is 10.1 Å². The molecule has 2 N–H and O–H groups in total. The highest BCUT2D eigenvalue weighted by Crippen LogP contribution is 2.38. The molecule has 1 aliphatic rings. The summed E-state index contributed by atoms with van der Waals surface area (Å²) in [4.78, 5) is 10.6. The first kappa shape index (κ1) is 12.6. The quantitative estimate of drug-likeness (QED) is 0.652. The topological polar surface area (TPSA) is 87.6 Å². The fourth-order valence-electron chi connectivity index (χ4n) is 2.20. The fraction of sp³-hybridized carbons (Fsp3) is 0.500. The molecule has 1 aromatic carbocycles. The van der Waals surface area contributed by atoms with Gasteiger partial charge in [-0.25, -0.2) is 0 Å². The van der Waals surface area contributed by atoms with Crippen molar-refractivity contribution in [3.63, 3.8) is 0 Å². The lowest BCUT2D eigenvalue weighted by atomic mass is 10.2. The van der Waals surface area contributed by atoms with Gasteiger partial charge in [0.1, 0.15) is 6.10 Å². The molecule has 2 unspecified atom stereocenters. The predicted molar refractivity (Wildman–Crippen MR) is 65.9 cm³/mol. The predicted octanol–water partition coefficient (Wildman–Crippen LogP) is 1.86. The first-order valence-electron chi connectivity index (χ1n) is 5.85. The Hall–Kier alpha value is -1.82. The minimum absolute atomic E-state index is 0.0502. The van der Waals surface area contributed by atoms with Gasteiger partial charge in [0.2, 0.25) is 11.5 Å². The van der Waals surface area contributed by atoms with Crippen molar-refractivity contribution in [2.24, 2.45) is 5.73 Å². The Bertz CT molecular complexity index is 450. The highest BCUT2D eigenvalue weighted by Gasteiger charge is 2.28. The van der Waals surface area contributed by atoms with Crippen LogP contribution in [-0.2, 0) is 0 Å². The van der Waals surface area contributed by atoms with Crippen LogP contribution in [0.1, 0.15) is 19.3 Å². The molecule has 1 saturated carbocycles. The molecule has 0 amide bonds. The Morgan fingerprint density at radius 2 is 2.11 bits per heavy atom. The summed E-state index contributed by atoms with van der Waals surface area (Å²) in [5.41, 5.74) is 5.67. The minimum atomic E-state index is -0.483. The molecular formula is C12H16N2O4. The standard InChI is InChI=1S/C12H16N2O4/c1-17-10-3-2-4-11(12(10)14(15)16)18-9-6-5-8(13)7-9/h2-4,8-9H,5-7,13H2,1H3. The molecule has 2 atom stereocenters. The van der Waals surface area contributed by atoms with Gasteiger partial charge < -0.3 is 15.2 Å². The normalized spacial score (nSPS) is 22.8. The van der Waals surface area contributed by atoms with Crippen LogP contribution in [0.25, 0.3) is 0 Å². The molecule has 0 radical (unpaired) electrons. The summed E-state index contributed by atoms with van der Waals surface area (Å²) < 4.78 is 10.7. The fourth-order valence-corrected chi connectivity index (χ4v) is 2.20. The first-order valence-corrected chi connectivity index (χ1v) is 5.85. The summed E-state index contributed by atoms with van der Waals surface area (Å²) in [6, 6.07) is 4.94. The van der Waals surface area contributed by atoms with E-state index in [0.29, 0.717) is 0 Å². The molecule has 0 saturated heterocycles. The molecule has 0 spiro atoms. The average Bonchev–Trinajstić information content (AvgIpc) is 2.74. The van der Waals surface area contributed by atoms with Gasteiger partial charge in [0.05, 0.1) is 12.0 Å². The van der Waals surface area contributed by atoms with E-state index in [4.69, 9.17) is 15.2 Å². The van der Waals surface area contributed by atoms with Crippen molar-refractivity contribution >= 4 is 5.69 Å². The van der Waals surface area contributed by atoms with Gasteiger partial charge in [-0.15, -0.1) is 0 Å². The molecule has 1 aromatic rings. The van der Waals surface area contributed by atoms with Crippen molar-refractivity contribution in [1.29, 1.82) is 0 Å². The Morgan fingerprint density at radius 3 is 2.67 bits per heavy atom. The largest absolute Gasteiger partial charge is 0.490 e. The third kappa shape index (κ3) is 2.53. The van der Waals surface area contributed by atoms with Crippen molar-refractivity contribution in [2.45, 2.75) is 31.4 Å². The van der Waals surface area contributed by atoms with Crippen LogP contribution in [-0.4, -0.2) is 24.2 Å². The maximum atomic E-state index is 11.1. The van der Waals surface area contributed by atoms with Crippen molar-refractivity contribution in [1.82, 2.24) is 0 Å². The highest BCUT2D eigenvalue weighted by atomic mass is 16.6. The molecule has 0 bridgehead atoms. The molecule has 1 fully saturated rings. The van der Waals surface area contributed by atoms with Gasteiger partial charge in [0.25, 0.3) is 0 Å². The first-order chi connectivity index (χ1) is 8.61. The van der Waals surface area contributed by atoms with Gasteiger partial charge in [-0.3, -0.25) is 10.1 Å². The second kappa shape index (κ2) is 5.22. The SMILES string of the molecule is COc1cccc(OC2CCC(N)C2)c1[N+](=O)[O-]. The molecule has 6 nitrogen and oxygen atoms in total. The zero-order chi connectivity index (χ0) is 13.1. The van der Waals surface area contributed by atoms with E-state index in [1.165, 1.54) is 7.11 Å². The van der Waals surface area contributed by atoms with Crippen LogP contribution in [0.3, 0.4) is 0 Å². The monoisotopic (exact) mass is 252 g/mol. The van der Waals surface area contributed by atoms with Gasteiger partial charge in [-0.05, 0) is 31.4 Å². The van der Waals surface area contributed by atoms with Gasteiger partial charge >= 0.3 is 5.69 Å². The summed E-state index contributed by atoms with van der Waals surface area (Å²) in [6.45, 7) is 0. The van der Waals surface area contributed by atoms with E-state index in [1.54, 1.807) is 18.2 Å². The number of rotatable bonds is 4. The summed E-state index contributed by atoms with van der Waals surface area (Å²) >= 11 is 0. The molecule has 1 aliphatic carbocycles. The molecule has 98 valence electrons. The van der Waals surface area contributed by atoms with Crippen LogP contribution < -0.4 is 15.2 Å². The van der Waals surface area contributed by atoms with Crippen molar-refractivity contribution in [3.8, 4) is 11.5 Å². The molecule has 2 rings (SSSR count). The van der Waals surface area contributed by atoms with Crippen LogP contribution in [0.15, 0.2) is 18.2 Å². The van der Waals surface area contributed by atoms with Crippen molar-refractivity contribution in [3.05, 3.63) is 28.3 Å². The van der Waals surface area contributed by atoms with E-state index >= 15 is 0 Å². The summed E-state index contributed by atoms with van der Waals surface area (Å²) in [7, 11) is 1.40. The Balaban J connectivity index is 2.24. The number of benzene rings is 1. The Morgan fingerprint density at radius 1 is 1.39 bits per heavy atom. The smallest absolute Gasteiger partial charge is 0.352 e. The van der Waals surface area contributed by atoms with Gasteiger partial charge in [0.15, 0.2) is 0 Å². The second-order valence-electron chi connectivity index (χ2n) is 4.38. The molecule has 18 heavy (non-hydrogen) atoms. The maximum absolute atomic E-state index is 11.1. The van der Waals surface area contributed by atoms with Crippen LogP contribution in [0.2, 0.25) is 0 Å². The van der Waals surface area contributed by atoms with Gasteiger partial charge in [-0.1, -0.05) is 6.07 Å². The summed E-state index contributed by atoms with van der Waals surface area (Å²) in [6.07, 6.45) is 2.40. The number of hydrogen-bond acceptors (Lipinski definition) is 5. The zero-order valence-electron chi connectivity index (χ0n) is 10.2. The lowest BCUT2D eigenvalue weighted by molar-refractivity contribution is -0.386. The number of hydrogen-bond donors (Lipinski definition) is 1. The molecule has 6 heteroatoms.